The van der Waals surface area contributed by atoms with Crippen molar-refractivity contribution in [2.75, 3.05) is 0 Å². The molecule has 0 bridgehead atoms. The number of nitro groups is 1. The Labute approximate surface area is 162 Å². The van der Waals surface area contributed by atoms with Crippen molar-refractivity contribution in [3.05, 3.63) is 80.3 Å². The molecule has 0 heterocycles. The van der Waals surface area contributed by atoms with Crippen LogP contribution in [0.3, 0.4) is 0 Å². The van der Waals surface area contributed by atoms with Crippen molar-refractivity contribution in [1.82, 2.24) is 5.43 Å². The monoisotopic (exact) mass is 427 g/mol. The number of hydrazone groups is 1. The SMILES string of the molecule is O=C(Cc1cccc2ccccc12)NN=Cc1cc([N+](=O)[O-])cc(Br)c1O. The molecule has 3 aromatic rings. The van der Waals surface area contributed by atoms with E-state index < -0.39 is 4.92 Å². The fourth-order valence-corrected chi connectivity index (χ4v) is 3.11. The molecule has 3 aromatic carbocycles. The minimum atomic E-state index is -0.583. The van der Waals surface area contributed by atoms with Gasteiger partial charge in [0.1, 0.15) is 5.75 Å². The zero-order chi connectivity index (χ0) is 19.4. The van der Waals surface area contributed by atoms with Crippen LogP contribution in [-0.4, -0.2) is 22.2 Å². The molecule has 8 heteroatoms. The number of hydrogen-bond acceptors (Lipinski definition) is 5. The number of carbonyl (C=O) groups excluding carboxylic acids is 1. The molecule has 0 saturated carbocycles. The van der Waals surface area contributed by atoms with E-state index in [1.54, 1.807) is 0 Å². The Balaban J connectivity index is 1.73. The summed E-state index contributed by atoms with van der Waals surface area (Å²) < 4.78 is 0.167. The van der Waals surface area contributed by atoms with Crippen LogP contribution in [-0.2, 0) is 11.2 Å². The minimum Gasteiger partial charge on any atom is -0.506 e. The van der Waals surface area contributed by atoms with Gasteiger partial charge < -0.3 is 5.11 Å². The quantitative estimate of drug-likeness (QED) is 0.365. The van der Waals surface area contributed by atoms with Crippen molar-refractivity contribution in [3.8, 4) is 5.75 Å². The lowest BCUT2D eigenvalue weighted by molar-refractivity contribution is -0.385. The number of aromatic hydroxyl groups is 1. The predicted molar refractivity (Wildman–Crippen MR) is 106 cm³/mol. The number of phenolic OH excluding ortho intramolecular Hbond substituents is 1. The average molecular weight is 428 g/mol. The summed E-state index contributed by atoms with van der Waals surface area (Å²) in [7, 11) is 0. The maximum absolute atomic E-state index is 12.2. The third kappa shape index (κ3) is 4.29. The Morgan fingerprint density at radius 2 is 1.96 bits per heavy atom. The second-order valence-corrected chi connectivity index (χ2v) is 6.59. The van der Waals surface area contributed by atoms with E-state index in [4.69, 9.17) is 0 Å². The van der Waals surface area contributed by atoms with E-state index in [1.165, 1.54) is 12.1 Å². The van der Waals surface area contributed by atoms with Crippen molar-refractivity contribution in [2.24, 2.45) is 5.10 Å². The average Bonchev–Trinajstić information content (AvgIpc) is 2.65. The smallest absolute Gasteiger partial charge is 0.271 e. The number of benzene rings is 3. The van der Waals surface area contributed by atoms with Gasteiger partial charge in [-0.25, -0.2) is 5.43 Å². The van der Waals surface area contributed by atoms with Crippen LogP contribution in [0.4, 0.5) is 5.69 Å². The molecule has 136 valence electrons. The molecule has 27 heavy (non-hydrogen) atoms. The summed E-state index contributed by atoms with van der Waals surface area (Å²) in [5, 5.41) is 26.7. The van der Waals surface area contributed by atoms with Gasteiger partial charge in [0.05, 0.1) is 22.0 Å². The van der Waals surface area contributed by atoms with Gasteiger partial charge in [-0.3, -0.25) is 14.9 Å². The molecule has 0 atom stereocenters. The summed E-state index contributed by atoms with van der Waals surface area (Å²) in [4.78, 5) is 22.5. The van der Waals surface area contributed by atoms with Gasteiger partial charge in [0.25, 0.3) is 5.69 Å². The molecular formula is C19H14BrN3O4. The van der Waals surface area contributed by atoms with Gasteiger partial charge in [0.2, 0.25) is 5.91 Å². The highest BCUT2D eigenvalue weighted by molar-refractivity contribution is 9.10. The van der Waals surface area contributed by atoms with E-state index in [0.29, 0.717) is 0 Å². The lowest BCUT2D eigenvalue weighted by Gasteiger charge is -2.06. The lowest BCUT2D eigenvalue weighted by Crippen LogP contribution is -2.19. The predicted octanol–water partition coefficient (Wildman–Crippen LogP) is 3.91. The number of phenols is 1. The second kappa shape index (κ2) is 7.96. The van der Waals surface area contributed by atoms with Crippen molar-refractivity contribution in [3.63, 3.8) is 0 Å². The number of carbonyl (C=O) groups is 1. The Morgan fingerprint density at radius 1 is 1.22 bits per heavy atom. The van der Waals surface area contributed by atoms with Crippen LogP contribution in [0, 0.1) is 10.1 Å². The highest BCUT2D eigenvalue weighted by Crippen LogP contribution is 2.31. The number of non-ortho nitro benzene ring substituents is 1. The molecule has 0 spiro atoms. The topological polar surface area (TPSA) is 105 Å². The third-order valence-corrected chi connectivity index (χ3v) is 4.52. The third-order valence-electron chi connectivity index (χ3n) is 3.91. The van der Waals surface area contributed by atoms with Crippen LogP contribution in [0.25, 0.3) is 10.8 Å². The maximum Gasteiger partial charge on any atom is 0.271 e. The normalized spacial score (nSPS) is 11.0. The maximum atomic E-state index is 12.2. The standard InChI is InChI=1S/C19H14BrN3O4/c20-17-10-15(23(26)27)8-14(19(17)25)11-21-22-18(24)9-13-6-3-5-12-4-1-2-7-16(12)13/h1-8,10-11,25H,9H2,(H,22,24). The van der Waals surface area contributed by atoms with Gasteiger partial charge in [-0.05, 0) is 32.3 Å². The highest BCUT2D eigenvalue weighted by atomic mass is 79.9. The molecule has 0 aliphatic heterocycles. The molecule has 1 amide bonds. The van der Waals surface area contributed by atoms with Crippen molar-refractivity contribution < 1.29 is 14.8 Å². The number of rotatable bonds is 5. The summed E-state index contributed by atoms with van der Waals surface area (Å²) in [6.07, 6.45) is 1.29. The van der Waals surface area contributed by atoms with E-state index in [0.717, 1.165) is 22.6 Å². The zero-order valence-corrected chi connectivity index (χ0v) is 15.5. The van der Waals surface area contributed by atoms with Crippen LogP contribution in [0.5, 0.6) is 5.75 Å². The number of hydrogen-bond donors (Lipinski definition) is 2. The molecule has 0 aliphatic carbocycles. The zero-order valence-electron chi connectivity index (χ0n) is 13.9. The van der Waals surface area contributed by atoms with E-state index in [2.05, 4.69) is 26.5 Å². The molecule has 0 saturated heterocycles. The summed E-state index contributed by atoms with van der Waals surface area (Å²) >= 11 is 3.05. The number of fused-ring (bicyclic) bond motifs is 1. The van der Waals surface area contributed by atoms with Crippen molar-refractivity contribution in [2.45, 2.75) is 6.42 Å². The van der Waals surface area contributed by atoms with Crippen molar-refractivity contribution in [1.29, 1.82) is 0 Å². The largest absolute Gasteiger partial charge is 0.506 e. The first kappa shape index (κ1) is 18.5. The molecular weight excluding hydrogens is 414 g/mol. The molecule has 0 aliphatic rings. The Hall–Kier alpha value is -3.26. The van der Waals surface area contributed by atoms with E-state index >= 15 is 0 Å². The van der Waals surface area contributed by atoms with Gasteiger partial charge in [-0.2, -0.15) is 5.10 Å². The number of nitrogens with zero attached hydrogens (tertiary/aromatic N) is 2. The Bertz CT molecular complexity index is 1060. The van der Waals surface area contributed by atoms with Gasteiger partial charge in [-0.15, -0.1) is 0 Å². The first-order valence-corrected chi connectivity index (χ1v) is 8.70. The first-order valence-electron chi connectivity index (χ1n) is 7.91. The fourth-order valence-electron chi connectivity index (χ4n) is 2.64. The van der Waals surface area contributed by atoms with Crippen LogP contribution >= 0.6 is 15.9 Å². The Kier molecular flexibility index (Phi) is 5.46. The summed E-state index contributed by atoms with van der Waals surface area (Å²) in [6.45, 7) is 0. The number of nitrogens with one attached hydrogen (secondary N) is 1. The number of nitro benzene ring substituents is 1. The molecule has 0 aromatic heterocycles. The van der Waals surface area contributed by atoms with E-state index in [-0.39, 0.29) is 33.8 Å². The molecule has 7 nitrogen and oxygen atoms in total. The van der Waals surface area contributed by atoms with E-state index in [9.17, 15) is 20.0 Å². The highest BCUT2D eigenvalue weighted by Gasteiger charge is 2.13. The summed E-state index contributed by atoms with van der Waals surface area (Å²) in [5.74, 6) is -0.542. The van der Waals surface area contributed by atoms with Crippen LogP contribution in [0.2, 0.25) is 0 Å². The van der Waals surface area contributed by atoms with Gasteiger partial charge >= 0.3 is 0 Å². The number of amides is 1. The first-order chi connectivity index (χ1) is 13.0. The van der Waals surface area contributed by atoms with Crippen LogP contribution in [0.1, 0.15) is 11.1 Å². The summed E-state index contributed by atoms with van der Waals surface area (Å²) in [6, 6.07) is 15.8. The fraction of sp³-hybridized carbons (Fsp3) is 0.0526. The molecule has 2 N–H and O–H groups in total. The second-order valence-electron chi connectivity index (χ2n) is 5.73. The van der Waals surface area contributed by atoms with Gasteiger partial charge in [0.15, 0.2) is 0 Å². The molecule has 0 fully saturated rings. The van der Waals surface area contributed by atoms with Crippen LogP contribution in [0.15, 0.2) is 64.2 Å². The van der Waals surface area contributed by atoms with Gasteiger partial charge in [-0.1, -0.05) is 42.5 Å². The number of halogens is 1. The summed E-state index contributed by atoms with van der Waals surface area (Å²) in [5.41, 5.74) is 3.14. The van der Waals surface area contributed by atoms with Gasteiger partial charge in [0, 0.05) is 17.7 Å². The van der Waals surface area contributed by atoms with Crippen LogP contribution < -0.4 is 5.43 Å². The lowest BCUT2D eigenvalue weighted by atomic mass is 10.0. The van der Waals surface area contributed by atoms with Crippen molar-refractivity contribution >= 4 is 44.5 Å². The molecule has 0 unspecified atom stereocenters. The molecule has 3 rings (SSSR count). The Morgan fingerprint density at radius 3 is 2.74 bits per heavy atom. The molecule has 0 radical (unpaired) electrons. The van der Waals surface area contributed by atoms with E-state index in [1.807, 2.05) is 42.5 Å². The minimum absolute atomic E-state index is 0.113.